The Morgan fingerprint density at radius 3 is 2.03 bits per heavy atom. The highest BCUT2D eigenvalue weighted by molar-refractivity contribution is 7.89. The topological polar surface area (TPSA) is 46.6 Å². The average molecular weight is 462 g/mol. The summed E-state index contributed by atoms with van der Waals surface area (Å²) in [6.07, 6.45) is 5.35. The molecule has 0 aliphatic heterocycles. The van der Waals surface area contributed by atoms with E-state index < -0.39 is 15.6 Å². The standard InChI is InChI=1S/C28H31NO3S/c1-23-17-19-26(20-18-23)33(30,31)29(21-11-14-24-12-7-5-8-13-24)22-27(32-28(2,3)4)25-15-9-6-10-16-25/h5-20,22H,21H2,1-4H3/b14-11+,27-22-. The first-order valence-electron chi connectivity index (χ1n) is 10.9. The second-order valence-electron chi connectivity index (χ2n) is 8.77. The molecule has 0 radical (unpaired) electrons. The van der Waals surface area contributed by atoms with Crippen LogP contribution in [-0.2, 0) is 14.8 Å². The van der Waals surface area contributed by atoms with Crippen LogP contribution in [0.5, 0.6) is 0 Å². The van der Waals surface area contributed by atoms with Crippen molar-refractivity contribution >= 4 is 21.9 Å². The molecule has 0 aromatic heterocycles. The Hall–Kier alpha value is -3.31. The van der Waals surface area contributed by atoms with E-state index in [0.29, 0.717) is 5.76 Å². The summed E-state index contributed by atoms with van der Waals surface area (Å²) in [4.78, 5) is 0.237. The lowest BCUT2D eigenvalue weighted by Crippen LogP contribution is -2.28. The van der Waals surface area contributed by atoms with Gasteiger partial charge in [-0.3, -0.25) is 4.31 Å². The summed E-state index contributed by atoms with van der Waals surface area (Å²) in [5.41, 5.74) is 2.31. The molecule has 0 amide bonds. The van der Waals surface area contributed by atoms with Gasteiger partial charge in [-0.2, -0.15) is 0 Å². The van der Waals surface area contributed by atoms with Gasteiger partial charge in [-0.25, -0.2) is 8.42 Å². The van der Waals surface area contributed by atoms with E-state index >= 15 is 0 Å². The lowest BCUT2D eigenvalue weighted by atomic mass is 10.1. The zero-order valence-electron chi connectivity index (χ0n) is 19.6. The number of aryl methyl sites for hydroxylation is 1. The number of ether oxygens (including phenoxy) is 1. The number of sulfonamides is 1. The molecule has 4 nitrogen and oxygen atoms in total. The van der Waals surface area contributed by atoms with Crippen LogP contribution in [0, 0.1) is 6.92 Å². The Labute approximate surface area is 197 Å². The Morgan fingerprint density at radius 1 is 0.879 bits per heavy atom. The molecule has 0 atom stereocenters. The van der Waals surface area contributed by atoms with Crippen molar-refractivity contribution in [3.8, 4) is 0 Å². The summed E-state index contributed by atoms with van der Waals surface area (Å²) >= 11 is 0. The van der Waals surface area contributed by atoms with Crippen molar-refractivity contribution in [3.63, 3.8) is 0 Å². The van der Waals surface area contributed by atoms with Gasteiger partial charge < -0.3 is 4.74 Å². The second-order valence-corrected chi connectivity index (χ2v) is 10.7. The highest BCUT2D eigenvalue weighted by Crippen LogP contribution is 2.26. The summed E-state index contributed by atoms with van der Waals surface area (Å²) in [7, 11) is -3.81. The predicted molar refractivity (Wildman–Crippen MR) is 136 cm³/mol. The van der Waals surface area contributed by atoms with Crippen LogP contribution >= 0.6 is 0 Å². The Morgan fingerprint density at radius 2 is 1.45 bits per heavy atom. The SMILES string of the molecule is Cc1ccc(S(=O)(=O)N(/C=C(\OC(C)(C)C)c2ccccc2)C/C=C/c2ccccc2)cc1. The maximum Gasteiger partial charge on any atom is 0.264 e. The Bertz CT molecular complexity index is 1190. The van der Waals surface area contributed by atoms with Crippen LogP contribution in [0.2, 0.25) is 0 Å². The van der Waals surface area contributed by atoms with Gasteiger partial charge in [0.25, 0.3) is 10.0 Å². The molecule has 0 aliphatic rings. The zero-order valence-corrected chi connectivity index (χ0v) is 20.4. The third kappa shape index (κ3) is 7.09. The van der Waals surface area contributed by atoms with E-state index in [1.165, 1.54) is 4.31 Å². The fraction of sp³-hybridized carbons (Fsp3) is 0.214. The molecule has 0 unspecified atom stereocenters. The van der Waals surface area contributed by atoms with Gasteiger partial charge in [-0.1, -0.05) is 90.5 Å². The zero-order chi connectivity index (χ0) is 23.9. The number of hydrogen-bond donors (Lipinski definition) is 0. The molecule has 0 fully saturated rings. The molecule has 3 aromatic rings. The van der Waals surface area contributed by atoms with E-state index in [0.717, 1.165) is 16.7 Å². The largest absolute Gasteiger partial charge is 0.486 e. The van der Waals surface area contributed by atoms with Gasteiger partial charge in [-0.05, 0) is 45.4 Å². The highest BCUT2D eigenvalue weighted by atomic mass is 32.2. The number of benzene rings is 3. The first-order valence-corrected chi connectivity index (χ1v) is 12.4. The first kappa shape index (κ1) is 24.3. The van der Waals surface area contributed by atoms with Crippen molar-refractivity contribution in [2.24, 2.45) is 0 Å². The van der Waals surface area contributed by atoms with Crippen LogP contribution in [0.3, 0.4) is 0 Å². The summed E-state index contributed by atoms with van der Waals surface area (Å²) < 4.78 is 34.8. The normalized spacial score (nSPS) is 12.7. The molecular formula is C28H31NO3S. The smallest absolute Gasteiger partial charge is 0.264 e. The Balaban J connectivity index is 2.05. The second kappa shape index (κ2) is 10.5. The van der Waals surface area contributed by atoms with Gasteiger partial charge >= 0.3 is 0 Å². The average Bonchev–Trinajstić information content (AvgIpc) is 2.78. The molecule has 3 aromatic carbocycles. The quantitative estimate of drug-likeness (QED) is 0.359. The fourth-order valence-corrected chi connectivity index (χ4v) is 4.41. The van der Waals surface area contributed by atoms with Gasteiger partial charge in [0.05, 0.1) is 17.6 Å². The summed E-state index contributed by atoms with van der Waals surface area (Å²) in [5.74, 6) is 0.492. The highest BCUT2D eigenvalue weighted by Gasteiger charge is 2.24. The molecule has 3 rings (SSSR count). The van der Waals surface area contributed by atoms with Gasteiger partial charge in [-0.15, -0.1) is 0 Å². The molecule has 0 saturated heterocycles. The predicted octanol–water partition coefficient (Wildman–Crippen LogP) is 6.51. The van der Waals surface area contributed by atoms with Crippen molar-refractivity contribution in [2.75, 3.05) is 6.54 Å². The van der Waals surface area contributed by atoms with Gasteiger partial charge in [0.1, 0.15) is 11.4 Å². The molecular weight excluding hydrogens is 430 g/mol. The van der Waals surface area contributed by atoms with Crippen LogP contribution in [-0.4, -0.2) is 24.9 Å². The third-order valence-corrected chi connectivity index (χ3v) is 6.50. The van der Waals surface area contributed by atoms with E-state index in [1.807, 2.05) is 101 Å². The first-order chi connectivity index (χ1) is 15.6. The minimum absolute atomic E-state index is 0.162. The Kier molecular flexibility index (Phi) is 7.77. The molecule has 0 bridgehead atoms. The molecule has 33 heavy (non-hydrogen) atoms. The molecule has 0 N–H and O–H groups in total. The molecule has 5 heteroatoms. The lowest BCUT2D eigenvalue weighted by Gasteiger charge is -2.26. The van der Waals surface area contributed by atoms with Gasteiger partial charge in [0, 0.05) is 5.56 Å². The molecule has 172 valence electrons. The summed E-state index contributed by atoms with van der Waals surface area (Å²) in [6, 6.07) is 26.2. The van der Waals surface area contributed by atoms with Crippen LogP contribution < -0.4 is 0 Å². The van der Waals surface area contributed by atoms with Crippen molar-refractivity contribution in [1.82, 2.24) is 4.31 Å². The summed E-state index contributed by atoms with van der Waals surface area (Å²) in [5, 5.41) is 0. The number of nitrogens with zero attached hydrogens (tertiary/aromatic N) is 1. The van der Waals surface area contributed by atoms with E-state index in [2.05, 4.69) is 0 Å². The van der Waals surface area contributed by atoms with Crippen LogP contribution in [0.15, 0.2) is 102 Å². The van der Waals surface area contributed by atoms with E-state index in [4.69, 9.17) is 4.74 Å². The third-order valence-electron chi connectivity index (χ3n) is 4.76. The lowest BCUT2D eigenvalue weighted by molar-refractivity contribution is 0.0956. The maximum absolute atomic E-state index is 13.6. The van der Waals surface area contributed by atoms with Gasteiger partial charge in [0.2, 0.25) is 0 Å². The van der Waals surface area contributed by atoms with Crippen LogP contribution in [0.1, 0.15) is 37.5 Å². The monoisotopic (exact) mass is 461 g/mol. The van der Waals surface area contributed by atoms with Crippen LogP contribution in [0.4, 0.5) is 0 Å². The van der Waals surface area contributed by atoms with Crippen molar-refractivity contribution in [2.45, 2.75) is 38.2 Å². The fourth-order valence-electron chi connectivity index (χ4n) is 3.15. The van der Waals surface area contributed by atoms with Crippen molar-refractivity contribution < 1.29 is 13.2 Å². The molecule has 0 aliphatic carbocycles. The van der Waals surface area contributed by atoms with Crippen molar-refractivity contribution in [3.05, 3.63) is 114 Å². The van der Waals surface area contributed by atoms with Crippen LogP contribution in [0.25, 0.3) is 11.8 Å². The van der Waals surface area contributed by atoms with Gasteiger partial charge in [0.15, 0.2) is 0 Å². The maximum atomic E-state index is 13.6. The summed E-state index contributed by atoms with van der Waals surface area (Å²) in [6.45, 7) is 7.92. The van der Waals surface area contributed by atoms with Crippen molar-refractivity contribution in [1.29, 1.82) is 0 Å². The molecule has 0 heterocycles. The minimum Gasteiger partial charge on any atom is -0.486 e. The van der Waals surface area contributed by atoms with E-state index in [-0.39, 0.29) is 11.4 Å². The molecule has 0 saturated carbocycles. The van der Waals surface area contributed by atoms with E-state index in [9.17, 15) is 8.42 Å². The van der Waals surface area contributed by atoms with E-state index in [1.54, 1.807) is 30.5 Å². The number of hydrogen-bond acceptors (Lipinski definition) is 3. The molecule has 0 spiro atoms. The number of rotatable bonds is 8. The minimum atomic E-state index is -3.81.